The van der Waals surface area contributed by atoms with Crippen molar-refractivity contribution in [1.82, 2.24) is 5.32 Å². The Balaban J connectivity index is 0.000000174. The van der Waals surface area contributed by atoms with E-state index in [-0.39, 0.29) is 88.6 Å². The van der Waals surface area contributed by atoms with Crippen molar-refractivity contribution in [2.45, 2.75) is 326 Å². The second-order valence-electron chi connectivity index (χ2n) is 44.9. The molecule has 1 amide bonds. The Bertz CT molecular complexity index is 4620. The third-order valence-corrected chi connectivity index (χ3v) is 36.4. The van der Waals surface area contributed by atoms with Crippen molar-refractivity contribution in [3.8, 4) is 23.0 Å². The average Bonchev–Trinajstić information content (AvgIpc) is 1.60. The van der Waals surface area contributed by atoms with E-state index in [1.807, 2.05) is 12.1 Å². The molecule has 16 atom stereocenters. The van der Waals surface area contributed by atoms with Crippen molar-refractivity contribution in [2.24, 2.45) is 85.6 Å². The molecular weight excluding hydrogens is 1760 g/mol. The molecule has 0 aliphatic heterocycles. The standard InChI is InChI=1S/C29H43NO4.C27H40O4S.C24H35NO2.C22H29BrO2.C5H12O2S.CH2O3.Na/c1-18-14-20(33-23(31)17-30-25(32)34-26(2,3)4)15-19-16-22-28(7)12-9-11-27(5,6)21(28)10-13-29(22,8)24(18)19;1-19-15-22(31-24(28)18-32-14-13-30-12-11-29-4)16-20-17-23-26(2)9-6-5-7-21(26)8-10-27(23,3)25(19)20;1-15-11-17(27-20(26)14-25)12-16-13-19-23(4)9-6-8-22(2,3)18(23)7-10-24(19,5)21(15)16;1-14-10-17(25-19(24)13-23)11-15-12-18-21(2)8-5-4-6-16(21)7-9-22(18,3)20(14)15;1-6-2-3-7-4-5-8;2-1-4-3;/h14-15,21-22H,9-13,16-17H2,1-8H3,(H,30,32);15-16,21,23H,5-14,17-18H2,1-4H3;11-12,18-19H,6-10,13-14,25H2,1-5H3;10-11,16,18H,4-9,12-13H2,1-3H3;8H,2-5H2,1H3;1,3H;/q;;;;;;+1/p-1/t21-,22+,28-,29+;21-,23-,26+,27-;18-,19+,23-,24+;16-,18-,21+,22-;;;/m0101.../s1. The second-order valence-corrected chi connectivity index (χ2v) is 47.0. The third-order valence-electron chi connectivity index (χ3n) is 34.9. The summed E-state index contributed by atoms with van der Waals surface area (Å²) in [4.78, 5) is 71.3. The minimum absolute atomic E-state index is 0. The van der Waals surface area contributed by atoms with Gasteiger partial charge in [0.05, 0.1) is 51.9 Å². The van der Waals surface area contributed by atoms with Crippen LogP contribution in [0.4, 0.5) is 4.79 Å². The Morgan fingerprint density at radius 1 is 0.466 bits per heavy atom. The van der Waals surface area contributed by atoms with E-state index in [9.17, 15) is 24.0 Å². The molecule has 19 nitrogen and oxygen atoms in total. The number of carbonyl (C=O) groups excluding carboxylic acids is 6. The van der Waals surface area contributed by atoms with Gasteiger partial charge in [0.1, 0.15) is 40.5 Å². The zero-order valence-corrected chi connectivity index (χ0v) is 89.2. The maximum Gasteiger partial charge on any atom is 1.00 e. The minimum Gasteiger partial charge on any atom is -0.662 e. The molecule has 0 saturated heterocycles. The number of alkyl halides is 1. The van der Waals surface area contributed by atoms with Crippen molar-refractivity contribution in [3.63, 3.8) is 0 Å². The number of thioether (sulfide) groups is 1. The summed E-state index contributed by atoms with van der Waals surface area (Å²) >= 11 is 8.69. The summed E-state index contributed by atoms with van der Waals surface area (Å²) in [6.45, 7) is 47.8. The topological polar surface area (TPSA) is 256 Å². The molecule has 16 rings (SSSR count). The molecule has 8 saturated carbocycles. The van der Waals surface area contributed by atoms with Crippen LogP contribution in [0, 0.1) is 108 Å². The number of nitrogens with one attached hydrogen (secondary N) is 1. The van der Waals surface area contributed by atoms with Crippen LogP contribution in [-0.4, -0.2) is 132 Å². The molecule has 724 valence electrons. The number of amides is 1. The molecule has 0 radical (unpaired) electrons. The van der Waals surface area contributed by atoms with Crippen LogP contribution in [0.25, 0.3) is 0 Å². The normalized spacial score (nSPS) is 31.0. The number of nitrogens with two attached hydrogens (primary N) is 1. The summed E-state index contributed by atoms with van der Waals surface area (Å²) in [5.41, 5.74) is 25.1. The fourth-order valence-electron chi connectivity index (χ4n) is 30.1. The molecule has 12 aliphatic carbocycles. The number of alkyl carbamates (subject to hydrolysis) is 1. The Morgan fingerprint density at radius 3 is 1.18 bits per heavy atom. The molecule has 0 bridgehead atoms. The van der Waals surface area contributed by atoms with E-state index in [0.29, 0.717) is 118 Å². The first-order chi connectivity index (χ1) is 61.4. The van der Waals surface area contributed by atoms with Crippen LogP contribution >= 0.6 is 40.3 Å². The molecule has 0 unspecified atom stereocenters. The number of fused-ring (bicyclic) bond motifs is 20. The Labute approximate surface area is 825 Å². The Morgan fingerprint density at radius 2 is 0.817 bits per heavy atom. The van der Waals surface area contributed by atoms with Gasteiger partial charge >= 0.3 is 59.5 Å². The van der Waals surface area contributed by atoms with Crippen LogP contribution in [-0.2, 0) is 99.9 Å². The smallest absolute Gasteiger partial charge is 0.662 e. The number of rotatable bonds is 22. The van der Waals surface area contributed by atoms with Gasteiger partial charge in [-0.25, -0.2) is 9.59 Å². The van der Waals surface area contributed by atoms with Crippen molar-refractivity contribution < 1.29 is 111 Å². The van der Waals surface area contributed by atoms with E-state index in [0.717, 1.165) is 72.5 Å². The van der Waals surface area contributed by atoms with Gasteiger partial charge in [-0.3, -0.25) is 19.2 Å². The van der Waals surface area contributed by atoms with Gasteiger partial charge < -0.3 is 63.8 Å². The minimum atomic E-state index is -0.621. The quantitative estimate of drug-likeness (QED) is 0.00760. The maximum absolute atomic E-state index is 12.4. The van der Waals surface area contributed by atoms with Gasteiger partial charge in [-0.1, -0.05) is 138 Å². The molecule has 23 heteroatoms. The molecule has 4 aromatic rings. The molecule has 8 fully saturated rings. The van der Waals surface area contributed by atoms with Crippen LogP contribution in [0.5, 0.6) is 23.0 Å². The van der Waals surface area contributed by atoms with E-state index in [4.69, 9.17) is 58.4 Å². The van der Waals surface area contributed by atoms with Gasteiger partial charge in [-0.05, 0) is 394 Å². The SMILES string of the molecule is COCCOCCS.COCCOCCSCC(=O)Oc1cc(C)c2c(c1)C[C@@H]1[C@@]3(C)CCCC[C@@H]3CC[C@@]21C.Cc1cc(OC(=O)CBr)cc2c1[C@]1(C)CC[C@H]3CCCC[C@]3(C)[C@H]1C2.Cc1cc(OC(=O)CN)cc2c1[C@]1(C)CC[C@H]3C(C)(C)CCC[C@]3(C)[C@H]1C2.Cc1cc(OC(=O)CNC(=O)OC(C)(C)C)cc2c1[C@]1(C)CC[C@H]3C(C)(C)CCC[C@]3(C)[C@H]1C2.O=CO[O-].[Na+]. The Hall–Kier alpha value is -4.56. The first-order valence-corrected chi connectivity index (χ1v) is 51.9. The summed E-state index contributed by atoms with van der Waals surface area (Å²) in [6, 6.07) is 16.7. The van der Waals surface area contributed by atoms with Gasteiger partial charge in [0.25, 0.3) is 6.47 Å². The largest absolute Gasteiger partial charge is 1.00 e. The van der Waals surface area contributed by atoms with Gasteiger partial charge in [0.15, 0.2) is 0 Å². The van der Waals surface area contributed by atoms with Gasteiger partial charge in [-0.2, -0.15) is 12.6 Å². The van der Waals surface area contributed by atoms with E-state index in [1.165, 1.54) is 197 Å². The molecule has 3 N–H and O–H groups in total. The first-order valence-electron chi connectivity index (χ1n) is 49.0. The van der Waals surface area contributed by atoms with E-state index >= 15 is 0 Å². The van der Waals surface area contributed by atoms with E-state index < -0.39 is 17.7 Å². The van der Waals surface area contributed by atoms with Crippen LogP contribution in [0.15, 0.2) is 48.5 Å². The number of halogens is 1. The molecular formula is C108H160BrN2NaO17S2. The second kappa shape index (κ2) is 45.1. The molecule has 12 aliphatic rings. The van der Waals surface area contributed by atoms with Crippen molar-refractivity contribution >= 4 is 76.8 Å². The predicted octanol–water partition coefficient (Wildman–Crippen LogP) is 18.8. The number of hydrogen-bond donors (Lipinski definition) is 3. The van der Waals surface area contributed by atoms with Gasteiger partial charge in [0, 0.05) is 25.7 Å². The predicted molar refractivity (Wildman–Crippen MR) is 522 cm³/mol. The summed E-state index contributed by atoms with van der Waals surface area (Å²) in [5, 5.41) is 11.2. The van der Waals surface area contributed by atoms with Gasteiger partial charge in [-0.15, -0.1) is 11.8 Å². The summed E-state index contributed by atoms with van der Waals surface area (Å²) in [5.74, 6) is 9.42. The maximum atomic E-state index is 12.4. The first kappa shape index (κ1) is 108. The number of thiol groups is 1. The number of ether oxygens (including phenoxy) is 9. The summed E-state index contributed by atoms with van der Waals surface area (Å²) in [7, 11) is 3.32. The number of esters is 4. The number of hydrogen-bond acceptors (Lipinski definition) is 20. The number of methoxy groups -OCH3 is 2. The zero-order valence-electron chi connectivity index (χ0n) is 83.9. The monoisotopic (exact) mass is 1920 g/mol. The fourth-order valence-corrected chi connectivity index (χ4v) is 30.9. The van der Waals surface area contributed by atoms with Crippen LogP contribution < -0.4 is 64.8 Å². The molecule has 0 spiro atoms. The van der Waals surface area contributed by atoms with Crippen molar-refractivity contribution in [1.29, 1.82) is 0 Å². The van der Waals surface area contributed by atoms with Crippen LogP contribution in [0.2, 0.25) is 0 Å². The molecule has 0 heterocycles. The van der Waals surface area contributed by atoms with Crippen LogP contribution in [0.3, 0.4) is 0 Å². The number of aryl methyl sites for hydroxylation is 4. The molecule has 4 aromatic carbocycles. The average molecular weight is 1930 g/mol. The summed E-state index contributed by atoms with van der Waals surface area (Å²) in [6.07, 6.45) is 33.5. The number of benzene rings is 4. The third kappa shape index (κ3) is 23.6. The van der Waals surface area contributed by atoms with Crippen molar-refractivity contribution in [2.75, 3.05) is 89.5 Å². The zero-order chi connectivity index (χ0) is 95.0. The van der Waals surface area contributed by atoms with E-state index in [1.54, 1.807) is 57.9 Å². The Kier molecular flexibility index (Phi) is 37.4. The molecule has 0 aromatic heterocycles. The van der Waals surface area contributed by atoms with Crippen LogP contribution in [0.1, 0.15) is 312 Å². The molecule has 131 heavy (non-hydrogen) atoms. The fraction of sp³-hybridized carbons (Fsp3) is 0.722. The van der Waals surface area contributed by atoms with E-state index in [2.05, 4.69) is 186 Å². The summed E-state index contributed by atoms with van der Waals surface area (Å²) < 4.78 is 47.7. The number of carbonyl (C=O) groups is 6. The van der Waals surface area contributed by atoms with Gasteiger partial charge in [0.2, 0.25) is 0 Å². The van der Waals surface area contributed by atoms with Crippen molar-refractivity contribution in [3.05, 3.63) is 115 Å².